The lowest BCUT2D eigenvalue weighted by Crippen LogP contribution is -2.38. The van der Waals surface area contributed by atoms with Gasteiger partial charge in [0.25, 0.3) is 5.91 Å². The molecule has 1 aliphatic heterocycles. The van der Waals surface area contributed by atoms with Crippen LogP contribution in [0, 0.1) is 11.6 Å². The molecule has 0 saturated heterocycles. The SMILES string of the molecule is O=C(NCc1ccccc1)c1cc2n(n1)CCN(S(=O)(=O)c1ccc(F)c(F)c1)C2. The highest BCUT2D eigenvalue weighted by Gasteiger charge is 2.30. The maximum atomic E-state index is 13.5. The van der Waals surface area contributed by atoms with Crippen molar-refractivity contribution < 1.29 is 22.0 Å². The summed E-state index contributed by atoms with van der Waals surface area (Å²) < 4.78 is 54.9. The highest BCUT2D eigenvalue weighted by molar-refractivity contribution is 7.89. The summed E-state index contributed by atoms with van der Waals surface area (Å²) in [6, 6.07) is 13.4. The number of carbonyl (C=O) groups excluding carboxylic acids is 1. The second-order valence-electron chi connectivity index (χ2n) is 6.83. The lowest BCUT2D eigenvalue weighted by Gasteiger charge is -2.26. The molecule has 0 spiro atoms. The minimum absolute atomic E-state index is 0.0275. The Morgan fingerprint density at radius 2 is 1.80 bits per heavy atom. The number of nitrogens with one attached hydrogen (secondary N) is 1. The molecule has 3 aromatic rings. The number of hydrogen-bond acceptors (Lipinski definition) is 4. The van der Waals surface area contributed by atoms with E-state index in [9.17, 15) is 22.0 Å². The first-order valence-corrected chi connectivity index (χ1v) is 10.6. The lowest BCUT2D eigenvalue weighted by molar-refractivity contribution is 0.0945. The second kappa shape index (κ2) is 7.96. The third-order valence-electron chi connectivity index (χ3n) is 4.82. The summed E-state index contributed by atoms with van der Waals surface area (Å²) in [5.41, 5.74) is 1.67. The van der Waals surface area contributed by atoms with E-state index >= 15 is 0 Å². The van der Waals surface area contributed by atoms with Crippen molar-refractivity contribution in [3.8, 4) is 0 Å². The van der Waals surface area contributed by atoms with Gasteiger partial charge in [0, 0.05) is 13.1 Å². The van der Waals surface area contributed by atoms with Crippen LogP contribution in [0.15, 0.2) is 59.5 Å². The van der Waals surface area contributed by atoms with Gasteiger partial charge in [0.15, 0.2) is 17.3 Å². The molecule has 10 heteroatoms. The first-order chi connectivity index (χ1) is 14.3. The van der Waals surface area contributed by atoms with Gasteiger partial charge in [0.1, 0.15) is 0 Å². The molecule has 156 valence electrons. The summed E-state index contributed by atoms with van der Waals surface area (Å²) in [5.74, 6) is -2.71. The zero-order valence-electron chi connectivity index (χ0n) is 15.8. The molecular weight excluding hydrogens is 414 g/mol. The number of benzene rings is 2. The molecule has 2 heterocycles. The number of aromatic nitrogens is 2. The van der Waals surface area contributed by atoms with Gasteiger partial charge in [-0.2, -0.15) is 9.40 Å². The van der Waals surface area contributed by atoms with E-state index in [1.807, 2.05) is 30.3 Å². The fraction of sp³-hybridized carbons (Fsp3) is 0.200. The zero-order valence-corrected chi connectivity index (χ0v) is 16.6. The highest BCUT2D eigenvalue weighted by Crippen LogP contribution is 2.23. The minimum atomic E-state index is -4.02. The Morgan fingerprint density at radius 3 is 2.53 bits per heavy atom. The van der Waals surface area contributed by atoms with Gasteiger partial charge in [-0.25, -0.2) is 17.2 Å². The molecule has 1 amide bonds. The minimum Gasteiger partial charge on any atom is -0.347 e. The van der Waals surface area contributed by atoms with Crippen LogP contribution in [0.5, 0.6) is 0 Å². The van der Waals surface area contributed by atoms with Crippen LogP contribution in [0.1, 0.15) is 21.7 Å². The Labute approximate surface area is 172 Å². The number of amides is 1. The summed E-state index contributed by atoms with van der Waals surface area (Å²) in [4.78, 5) is 12.1. The molecule has 0 aliphatic carbocycles. The van der Waals surface area contributed by atoms with Gasteiger partial charge in [-0.05, 0) is 29.8 Å². The Hall–Kier alpha value is -3.11. The van der Waals surface area contributed by atoms with E-state index < -0.39 is 21.7 Å². The standard InChI is InChI=1S/C20H18F2N4O3S/c21-17-7-6-16(11-18(17)22)30(28,29)25-8-9-26-15(13-25)10-19(24-26)20(27)23-12-14-4-2-1-3-5-14/h1-7,10-11H,8-9,12-13H2,(H,23,27). The van der Waals surface area contributed by atoms with E-state index in [0.29, 0.717) is 18.3 Å². The normalized spacial score (nSPS) is 14.3. The summed E-state index contributed by atoms with van der Waals surface area (Å²) in [5, 5.41) is 7.03. The Morgan fingerprint density at radius 1 is 1.03 bits per heavy atom. The summed E-state index contributed by atoms with van der Waals surface area (Å²) in [6.45, 7) is 0.657. The smallest absolute Gasteiger partial charge is 0.272 e. The molecule has 0 unspecified atom stereocenters. The van der Waals surface area contributed by atoms with Gasteiger partial charge in [-0.3, -0.25) is 9.48 Å². The van der Waals surface area contributed by atoms with Crippen molar-refractivity contribution in [2.24, 2.45) is 0 Å². The summed E-state index contributed by atoms with van der Waals surface area (Å²) in [6.07, 6.45) is 0. The Bertz CT molecular complexity index is 1200. The molecule has 0 saturated carbocycles. The monoisotopic (exact) mass is 432 g/mol. The molecule has 1 aromatic heterocycles. The van der Waals surface area contributed by atoms with Gasteiger partial charge in [-0.15, -0.1) is 0 Å². The molecule has 7 nitrogen and oxygen atoms in total. The first kappa shape index (κ1) is 20.2. The maximum absolute atomic E-state index is 13.5. The number of hydrogen-bond donors (Lipinski definition) is 1. The molecule has 2 aromatic carbocycles. The molecule has 0 radical (unpaired) electrons. The lowest BCUT2D eigenvalue weighted by atomic mass is 10.2. The molecule has 4 rings (SSSR count). The zero-order chi connectivity index (χ0) is 21.3. The average molecular weight is 432 g/mol. The van der Waals surface area contributed by atoms with Gasteiger partial charge in [0.05, 0.1) is 23.7 Å². The predicted octanol–water partition coefficient (Wildman–Crippen LogP) is 2.30. The first-order valence-electron chi connectivity index (χ1n) is 9.18. The third kappa shape index (κ3) is 3.96. The highest BCUT2D eigenvalue weighted by atomic mass is 32.2. The van der Waals surface area contributed by atoms with Crippen molar-refractivity contribution in [2.45, 2.75) is 24.5 Å². The second-order valence-corrected chi connectivity index (χ2v) is 8.76. The molecule has 0 atom stereocenters. The van der Waals surface area contributed by atoms with E-state index in [1.54, 1.807) is 4.68 Å². The van der Waals surface area contributed by atoms with Crippen LogP contribution in [-0.4, -0.2) is 35.0 Å². The van der Waals surface area contributed by atoms with Gasteiger partial charge < -0.3 is 5.32 Å². The van der Waals surface area contributed by atoms with Crippen LogP contribution < -0.4 is 5.32 Å². The molecule has 30 heavy (non-hydrogen) atoms. The Kier molecular flexibility index (Phi) is 5.35. The maximum Gasteiger partial charge on any atom is 0.272 e. The van der Waals surface area contributed by atoms with Crippen LogP contribution in [0.3, 0.4) is 0 Å². The fourth-order valence-corrected chi connectivity index (χ4v) is 4.63. The number of rotatable bonds is 5. The number of carbonyl (C=O) groups is 1. The van der Waals surface area contributed by atoms with Crippen molar-refractivity contribution in [1.29, 1.82) is 0 Å². The van der Waals surface area contributed by atoms with Crippen LogP contribution in [0.2, 0.25) is 0 Å². The summed E-state index contributed by atoms with van der Waals surface area (Å²) in [7, 11) is -4.02. The fourth-order valence-electron chi connectivity index (χ4n) is 3.21. The third-order valence-corrected chi connectivity index (χ3v) is 6.66. The largest absolute Gasteiger partial charge is 0.347 e. The molecule has 0 bridgehead atoms. The quantitative estimate of drug-likeness (QED) is 0.671. The van der Waals surface area contributed by atoms with E-state index in [0.717, 1.165) is 22.0 Å². The van der Waals surface area contributed by atoms with E-state index in [4.69, 9.17) is 0 Å². The van der Waals surface area contributed by atoms with Crippen LogP contribution in [-0.2, 0) is 29.7 Å². The molecule has 1 N–H and O–H groups in total. The average Bonchev–Trinajstić information content (AvgIpc) is 3.18. The topological polar surface area (TPSA) is 84.3 Å². The van der Waals surface area contributed by atoms with Gasteiger partial charge in [0.2, 0.25) is 10.0 Å². The number of halogens is 2. The molecule has 0 fully saturated rings. The van der Waals surface area contributed by atoms with Crippen molar-refractivity contribution >= 4 is 15.9 Å². The van der Waals surface area contributed by atoms with Crippen LogP contribution in [0.4, 0.5) is 8.78 Å². The number of fused-ring (bicyclic) bond motifs is 1. The summed E-state index contributed by atoms with van der Waals surface area (Å²) >= 11 is 0. The van der Waals surface area contributed by atoms with Crippen molar-refractivity contribution in [3.05, 3.63) is 83.2 Å². The van der Waals surface area contributed by atoms with Crippen LogP contribution >= 0.6 is 0 Å². The van der Waals surface area contributed by atoms with Gasteiger partial charge in [-0.1, -0.05) is 30.3 Å². The number of nitrogens with zero attached hydrogens (tertiary/aromatic N) is 3. The Balaban J connectivity index is 1.48. The number of sulfonamides is 1. The van der Waals surface area contributed by atoms with E-state index in [-0.39, 0.29) is 36.1 Å². The van der Waals surface area contributed by atoms with Gasteiger partial charge >= 0.3 is 0 Å². The predicted molar refractivity (Wildman–Crippen MR) is 104 cm³/mol. The molecule has 1 aliphatic rings. The van der Waals surface area contributed by atoms with Crippen molar-refractivity contribution in [1.82, 2.24) is 19.4 Å². The van der Waals surface area contributed by atoms with Crippen molar-refractivity contribution in [3.63, 3.8) is 0 Å². The van der Waals surface area contributed by atoms with E-state index in [1.165, 1.54) is 6.07 Å². The molecular formula is C20H18F2N4O3S. The van der Waals surface area contributed by atoms with Crippen LogP contribution in [0.25, 0.3) is 0 Å². The van der Waals surface area contributed by atoms with Crippen molar-refractivity contribution in [2.75, 3.05) is 6.54 Å². The van der Waals surface area contributed by atoms with E-state index in [2.05, 4.69) is 10.4 Å².